The maximum absolute atomic E-state index is 11.8. The van der Waals surface area contributed by atoms with Gasteiger partial charge in [-0.1, -0.05) is 12.1 Å². The van der Waals surface area contributed by atoms with Gasteiger partial charge in [0.25, 0.3) is 0 Å². The van der Waals surface area contributed by atoms with E-state index in [1.54, 1.807) is 12.0 Å². The third-order valence-corrected chi connectivity index (χ3v) is 4.91. The van der Waals surface area contributed by atoms with Crippen LogP contribution in [0.5, 0.6) is 5.75 Å². The Hall–Kier alpha value is -3.46. The number of cyclic esters (lactones) is 1. The molecular weight excluding hydrogens is 342 g/mol. The number of benzene rings is 2. The normalized spacial score (nSPS) is 13.7. The number of aromatic nitrogens is 1. The summed E-state index contributed by atoms with van der Waals surface area (Å²) in [5, 5.41) is 10.7. The van der Waals surface area contributed by atoms with E-state index in [2.05, 4.69) is 17.6 Å². The van der Waals surface area contributed by atoms with E-state index in [4.69, 9.17) is 9.47 Å². The summed E-state index contributed by atoms with van der Waals surface area (Å²) in [6, 6.07) is 15.8. The Morgan fingerprint density at radius 3 is 2.59 bits per heavy atom. The smallest absolute Gasteiger partial charge is 0.414 e. The summed E-state index contributed by atoms with van der Waals surface area (Å²) in [4.78, 5) is 13.4. The van der Waals surface area contributed by atoms with E-state index in [0.29, 0.717) is 18.7 Å². The molecule has 1 aromatic heterocycles. The lowest BCUT2D eigenvalue weighted by atomic mass is 10.1. The van der Waals surface area contributed by atoms with Crippen LogP contribution in [0, 0.1) is 11.3 Å². The number of aryl methyl sites for hydroxylation is 1. The summed E-state index contributed by atoms with van der Waals surface area (Å²) < 4.78 is 12.5. The lowest BCUT2D eigenvalue weighted by Crippen LogP contribution is -2.23. The highest BCUT2D eigenvalue weighted by Crippen LogP contribution is 2.36. The van der Waals surface area contributed by atoms with Crippen molar-refractivity contribution >= 4 is 22.7 Å². The minimum atomic E-state index is -0.324. The predicted molar refractivity (Wildman–Crippen MR) is 103 cm³/mol. The van der Waals surface area contributed by atoms with Gasteiger partial charge in [0.2, 0.25) is 0 Å². The quantitative estimate of drug-likeness (QED) is 0.700. The van der Waals surface area contributed by atoms with Crippen LogP contribution < -0.4 is 9.64 Å². The molecule has 0 unspecified atom stereocenters. The molecule has 6 nitrogen and oxygen atoms in total. The Morgan fingerprint density at radius 1 is 1.22 bits per heavy atom. The van der Waals surface area contributed by atoms with Crippen molar-refractivity contribution in [1.29, 1.82) is 5.26 Å². The topological polar surface area (TPSA) is 67.5 Å². The first-order chi connectivity index (χ1) is 13.2. The number of hydrogen-bond acceptors (Lipinski definition) is 4. The first kappa shape index (κ1) is 17.0. The van der Waals surface area contributed by atoms with E-state index in [0.717, 1.165) is 40.1 Å². The maximum Gasteiger partial charge on any atom is 0.414 e. The number of amides is 1. The highest BCUT2D eigenvalue weighted by molar-refractivity contribution is 5.96. The van der Waals surface area contributed by atoms with Gasteiger partial charge in [0.05, 0.1) is 30.4 Å². The molecule has 1 saturated heterocycles. The van der Waals surface area contributed by atoms with Gasteiger partial charge in [-0.15, -0.1) is 0 Å². The molecule has 0 bridgehead atoms. The van der Waals surface area contributed by atoms with Gasteiger partial charge in [-0.3, -0.25) is 4.90 Å². The summed E-state index contributed by atoms with van der Waals surface area (Å²) in [7, 11) is 1.63. The van der Waals surface area contributed by atoms with Crippen LogP contribution in [0.3, 0.4) is 0 Å². The van der Waals surface area contributed by atoms with Crippen LogP contribution in [-0.2, 0) is 11.3 Å². The van der Waals surface area contributed by atoms with Crippen LogP contribution in [0.1, 0.15) is 12.5 Å². The number of carbonyl (C=O) groups is 1. The maximum atomic E-state index is 11.8. The summed E-state index contributed by atoms with van der Waals surface area (Å²) >= 11 is 0. The number of methoxy groups -OCH3 is 1. The second-order valence-corrected chi connectivity index (χ2v) is 6.28. The van der Waals surface area contributed by atoms with Crippen molar-refractivity contribution in [3.8, 4) is 23.1 Å². The van der Waals surface area contributed by atoms with Crippen LogP contribution in [0.25, 0.3) is 22.2 Å². The van der Waals surface area contributed by atoms with Gasteiger partial charge in [-0.2, -0.15) is 5.26 Å². The zero-order chi connectivity index (χ0) is 19.0. The number of nitriles is 1. The standard InChI is InChI=1S/C21H19N3O3/c1-3-23-19-12-16(26-2)8-9-17(19)18(13-22)20(23)14-4-6-15(7-5-14)24-10-11-27-21(24)25/h4-9,12H,3,10-11H2,1-2H3. The Morgan fingerprint density at radius 2 is 2.00 bits per heavy atom. The second-order valence-electron chi connectivity index (χ2n) is 6.28. The molecule has 0 aliphatic carbocycles. The average Bonchev–Trinajstić information content (AvgIpc) is 3.27. The molecule has 3 aromatic rings. The van der Waals surface area contributed by atoms with E-state index in [1.165, 1.54) is 0 Å². The van der Waals surface area contributed by atoms with Crippen LogP contribution in [0.4, 0.5) is 10.5 Å². The Balaban J connectivity index is 1.85. The minimum Gasteiger partial charge on any atom is -0.497 e. The molecule has 136 valence electrons. The van der Waals surface area contributed by atoms with E-state index in [9.17, 15) is 10.1 Å². The van der Waals surface area contributed by atoms with Gasteiger partial charge in [0, 0.05) is 23.7 Å². The lowest BCUT2D eigenvalue weighted by molar-refractivity contribution is 0.181. The van der Waals surface area contributed by atoms with Crippen LogP contribution in [-0.4, -0.2) is 30.9 Å². The first-order valence-corrected chi connectivity index (χ1v) is 8.83. The van der Waals surface area contributed by atoms with Crippen LogP contribution in [0.15, 0.2) is 42.5 Å². The van der Waals surface area contributed by atoms with Gasteiger partial charge in [0.15, 0.2) is 0 Å². The number of hydrogen-bond donors (Lipinski definition) is 0. The molecule has 2 aromatic carbocycles. The van der Waals surface area contributed by atoms with E-state index in [1.807, 2.05) is 42.5 Å². The third kappa shape index (κ3) is 2.68. The Bertz CT molecular complexity index is 1060. The Labute approximate surface area is 157 Å². The molecule has 0 atom stereocenters. The molecule has 1 fully saturated rings. The molecule has 1 aliphatic rings. The summed E-state index contributed by atoms with van der Waals surface area (Å²) in [5.41, 5.74) is 4.21. The number of ether oxygens (including phenoxy) is 2. The summed E-state index contributed by atoms with van der Waals surface area (Å²) in [5.74, 6) is 0.758. The fraction of sp³-hybridized carbons (Fsp3) is 0.238. The SMILES string of the molecule is CCn1c(-c2ccc(N3CCOC3=O)cc2)c(C#N)c2ccc(OC)cc21. The molecule has 4 rings (SSSR count). The average molecular weight is 361 g/mol. The summed E-state index contributed by atoms with van der Waals surface area (Å²) in [6.07, 6.45) is -0.324. The third-order valence-electron chi connectivity index (χ3n) is 4.91. The number of fused-ring (bicyclic) bond motifs is 1. The highest BCUT2D eigenvalue weighted by Gasteiger charge is 2.24. The van der Waals surface area contributed by atoms with Crippen molar-refractivity contribution in [2.45, 2.75) is 13.5 Å². The van der Waals surface area contributed by atoms with E-state index < -0.39 is 0 Å². The van der Waals surface area contributed by atoms with Crippen LogP contribution in [0.2, 0.25) is 0 Å². The molecule has 0 saturated carbocycles. The predicted octanol–water partition coefficient (Wildman–Crippen LogP) is 4.17. The fourth-order valence-corrected chi connectivity index (χ4v) is 3.63. The Kier molecular flexibility index (Phi) is 4.21. The van der Waals surface area contributed by atoms with Crippen molar-refractivity contribution < 1.29 is 14.3 Å². The van der Waals surface area contributed by atoms with Crippen molar-refractivity contribution in [2.24, 2.45) is 0 Å². The summed E-state index contributed by atoms with van der Waals surface area (Å²) in [6.45, 7) is 3.74. The first-order valence-electron chi connectivity index (χ1n) is 8.83. The van der Waals surface area contributed by atoms with Crippen molar-refractivity contribution in [1.82, 2.24) is 4.57 Å². The molecule has 2 heterocycles. The molecular formula is C21H19N3O3. The van der Waals surface area contributed by atoms with E-state index >= 15 is 0 Å². The zero-order valence-corrected chi connectivity index (χ0v) is 15.2. The zero-order valence-electron chi connectivity index (χ0n) is 15.2. The van der Waals surface area contributed by atoms with Crippen molar-refractivity contribution in [2.75, 3.05) is 25.2 Å². The lowest BCUT2D eigenvalue weighted by Gasteiger charge is -2.14. The number of anilines is 1. The second kappa shape index (κ2) is 6.69. The molecule has 0 N–H and O–H groups in total. The van der Waals surface area contributed by atoms with Gasteiger partial charge in [-0.05, 0) is 36.8 Å². The molecule has 27 heavy (non-hydrogen) atoms. The van der Waals surface area contributed by atoms with Crippen molar-refractivity contribution in [3.05, 3.63) is 48.0 Å². The number of carbonyl (C=O) groups excluding carboxylic acids is 1. The van der Waals surface area contributed by atoms with Gasteiger partial charge in [-0.25, -0.2) is 4.79 Å². The minimum absolute atomic E-state index is 0.324. The largest absolute Gasteiger partial charge is 0.497 e. The molecule has 0 radical (unpaired) electrons. The number of rotatable bonds is 4. The van der Waals surface area contributed by atoms with Crippen molar-refractivity contribution in [3.63, 3.8) is 0 Å². The van der Waals surface area contributed by atoms with Crippen LogP contribution >= 0.6 is 0 Å². The van der Waals surface area contributed by atoms with E-state index in [-0.39, 0.29) is 6.09 Å². The number of nitrogens with zero attached hydrogens (tertiary/aromatic N) is 3. The molecule has 1 amide bonds. The molecule has 0 spiro atoms. The molecule has 6 heteroatoms. The van der Waals surface area contributed by atoms with Gasteiger partial charge in [0.1, 0.15) is 18.4 Å². The highest BCUT2D eigenvalue weighted by atomic mass is 16.6. The monoisotopic (exact) mass is 361 g/mol. The fourth-order valence-electron chi connectivity index (χ4n) is 3.63. The van der Waals surface area contributed by atoms with Gasteiger partial charge < -0.3 is 14.0 Å². The molecule has 1 aliphatic heterocycles. The van der Waals surface area contributed by atoms with Gasteiger partial charge >= 0.3 is 6.09 Å².